The Morgan fingerprint density at radius 2 is 1.67 bits per heavy atom. The standard InChI is InChI=1S/C22H15FN2O3.C2H6/c23-18-20-16(11-24-21(18)22(27)28)10-17(14-4-2-1-3-5-14)19(25-20)15-8-6-13(12-26)7-9-15;1-2/h1-11,26H,12H2,(H,27,28);1-2H3. The summed E-state index contributed by atoms with van der Waals surface area (Å²) in [5.74, 6) is -2.40. The summed E-state index contributed by atoms with van der Waals surface area (Å²) in [5.41, 5.74) is 2.95. The molecule has 5 nitrogen and oxygen atoms in total. The van der Waals surface area contributed by atoms with E-state index in [0.29, 0.717) is 11.1 Å². The van der Waals surface area contributed by atoms with Crippen molar-refractivity contribution in [1.82, 2.24) is 9.97 Å². The zero-order valence-corrected chi connectivity index (χ0v) is 16.6. The normalized spacial score (nSPS) is 10.4. The van der Waals surface area contributed by atoms with Crippen molar-refractivity contribution < 1.29 is 19.4 Å². The number of carboxylic acids is 1. The van der Waals surface area contributed by atoms with Crippen molar-refractivity contribution in [3.05, 3.63) is 83.9 Å². The molecule has 4 aromatic rings. The third-order valence-electron chi connectivity index (χ3n) is 4.50. The summed E-state index contributed by atoms with van der Waals surface area (Å²) in [6, 6.07) is 18.4. The summed E-state index contributed by atoms with van der Waals surface area (Å²) in [6.07, 6.45) is 1.32. The molecule has 0 atom stereocenters. The minimum absolute atomic E-state index is 0.0479. The molecule has 0 fully saturated rings. The number of aromatic nitrogens is 2. The number of hydrogen-bond donors (Lipinski definition) is 2. The van der Waals surface area contributed by atoms with E-state index in [-0.39, 0.29) is 12.1 Å². The molecule has 0 aliphatic rings. The Kier molecular flexibility index (Phi) is 6.49. The van der Waals surface area contributed by atoms with Crippen LogP contribution in [0.3, 0.4) is 0 Å². The lowest BCUT2D eigenvalue weighted by Gasteiger charge is -2.13. The van der Waals surface area contributed by atoms with Crippen LogP contribution in [0.2, 0.25) is 0 Å². The highest BCUT2D eigenvalue weighted by Gasteiger charge is 2.19. The fourth-order valence-corrected chi connectivity index (χ4v) is 3.08. The van der Waals surface area contributed by atoms with E-state index in [1.165, 1.54) is 6.20 Å². The van der Waals surface area contributed by atoms with E-state index in [1.54, 1.807) is 30.3 Å². The molecular formula is C24H21FN2O3. The van der Waals surface area contributed by atoms with E-state index in [0.717, 1.165) is 22.3 Å². The third kappa shape index (κ3) is 4.04. The first-order chi connectivity index (χ1) is 14.6. The maximum atomic E-state index is 14.7. The van der Waals surface area contributed by atoms with Gasteiger partial charge < -0.3 is 10.2 Å². The molecule has 0 unspecified atom stereocenters. The predicted octanol–water partition coefficient (Wildman–Crippen LogP) is 5.32. The minimum atomic E-state index is -1.44. The molecule has 2 heterocycles. The van der Waals surface area contributed by atoms with E-state index in [1.807, 2.05) is 44.2 Å². The average Bonchev–Trinajstić information content (AvgIpc) is 2.80. The van der Waals surface area contributed by atoms with Crippen LogP contribution in [0.15, 0.2) is 66.9 Å². The van der Waals surface area contributed by atoms with Crippen molar-refractivity contribution in [1.29, 1.82) is 0 Å². The first kappa shape index (κ1) is 21.1. The van der Waals surface area contributed by atoms with Gasteiger partial charge >= 0.3 is 5.97 Å². The van der Waals surface area contributed by atoms with Gasteiger partial charge in [0.15, 0.2) is 11.5 Å². The monoisotopic (exact) mass is 404 g/mol. The van der Waals surface area contributed by atoms with Crippen LogP contribution in [0.1, 0.15) is 29.9 Å². The van der Waals surface area contributed by atoms with Gasteiger partial charge in [0.2, 0.25) is 0 Å². The van der Waals surface area contributed by atoms with Gasteiger partial charge in [-0.15, -0.1) is 0 Å². The lowest BCUT2D eigenvalue weighted by atomic mass is 9.97. The van der Waals surface area contributed by atoms with Gasteiger partial charge in [-0.1, -0.05) is 68.4 Å². The summed E-state index contributed by atoms with van der Waals surface area (Å²) in [4.78, 5) is 19.4. The summed E-state index contributed by atoms with van der Waals surface area (Å²) in [5, 5.41) is 18.8. The van der Waals surface area contributed by atoms with Crippen LogP contribution < -0.4 is 0 Å². The van der Waals surface area contributed by atoms with Crippen molar-refractivity contribution in [3.8, 4) is 22.4 Å². The molecular weight excluding hydrogens is 383 g/mol. The molecule has 2 aromatic heterocycles. The number of aliphatic hydroxyl groups is 1. The van der Waals surface area contributed by atoms with Crippen molar-refractivity contribution in [2.45, 2.75) is 20.5 Å². The quantitative estimate of drug-likeness (QED) is 0.481. The van der Waals surface area contributed by atoms with Gasteiger partial charge in [0.05, 0.1) is 12.3 Å². The number of aromatic carboxylic acids is 1. The molecule has 0 spiro atoms. The zero-order valence-electron chi connectivity index (χ0n) is 16.6. The number of hydrogen-bond acceptors (Lipinski definition) is 4. The van der Waals surface area contributed by atoms with Gasteiger partial charge in [-0.2, -0.15) is 0 Å². The molecule has 0 aliphatic carbocycles. The van der Waals surface area contributed by atoms with Gasteiger partial charge in [-0.3, -0.25) is 0 Å². The summed E-state index contributed by atoms with van der Waals surface area (Å²) >= 11 is 0. The van der Waals surface area contributed by atoms with Crippen molar-refractivity contribution in [2.24, 2.45) is 0 Å². The Bertz CT molecular complexity index is 1180. The van der Waals surface area contributed by atoms with E-state index in [4.69, 9.17) is 5.11 Å². The second kappa shape index (κ2) is 9.24. The lowest BCUT2D eigenvalue weighted by Crippen LogP contribution is -2.06. The van der Waals surface area contributed by atoms with Crippen molar-refractivity contribution in [2.75, 3.05) is 0 Å². The molecule has 6 heteroatoms. The molecule has 0 amide bonds. The molecule has 30 heavy (non-hydrogen) atoms. The van der Waals surface area contributed by atoms with Gasteiger partial charge in [-0.25, -0.2) is 19.2 Å². The summed E-state index contributed by atoms with van der Waals surface area (Å²) in [7, 11) is 0. The average molecular weight is 404 g/mol. The Labute approximate surface area is 173 Å². The predicted molar refractivity (Wildman–Crippen MR) is 115 cm³/mol. The highest BCUT2D eigenvalue weighted by atomic mass is 19.1. The number of rotatable bonds is 4. The number of halogens is 1. The van der Waals surface area contributed by atoms with E-state index in [9.17, 15) is 14.3 Å². The molecule has 152 valence electrons. The van der Waals surface area contributed by atoms with Crippen LogP contribution in [0.25, 0.3) is 33.3 Å². The van der Waals surface area contributed by atoms with Crippen LogP contribution in [-0.2, 0) is 6.61 Å². The van der Waals surface area contributed by atoms with Gasteiger partial charge in [0.1, 0.15) is 5.52 Å². The fourth-order valence-electron chi connectivity index (χ4n) is 3.08. The topological polar surface area (TPSA) is 83.3 Å². The zero-order chi connectivity index (χ0) is 21.7. The third-order valence-corrected chi connectivity index (χ3v) is 4.50. The molecule has 0 saturated heterocycles. The second-order valence-corrected chi connectivity index (χ2v) is 6.27. The molecule has 0 aliphatic heterocycles. The number of fused-ring (bicyclic) bond motifs is 1. The summed E-state index contributed by atoms with van der Waals surface area (Å²) < 4.78 is 14.7. The van der Waals surface area contributed by atoms with Crippen LogP contribution in [-0.4, -0.2) is 26.2 Å². The van der Waals surface area contributed by atoms with Crippen LogP contribution in [0, 0.1) is 5.82 Å². The van der Waals surface area contributed by atoms with Crippen LogP contribution >= 0.6 is 0 Å². The smallest absolute Gasteiger partial charge is 0.357 e. The number of aliphatic hydroxyl groups excluding tert-OH is 1. The molecule has 2 aromatic carbocycles. The minimum Gasteiger partial charge on any atom is -0.476 e. The van der Waals surface area contributed by atoms with Gasteiger partial charge in [0.25, 0.3) is 0 Å². The molecule has 0 radical (unpaired) electrons. The Morgan fingerprint density at radius 3 is 2.27 bits per heavy atom. The summed E-state index contributed by atoms with van der Waals surface area (Å²) in [6.45, 7) is 3.92. The molecule has 2 N–H and O–H groups in total. The highest BCUT2D eigenvalue weighted by Crippen LogP contribution is 2.34. The Hall–Kier alpha value is -3.64. The molecule has 4 rings (SSSR count). The number of benzene rings is 2. The van der Waals surface area contributed by atoms with E-state index in [2.05, 4.69) is 9.97 Å². The van der Waals surface area contributed by atoms with Gasteiger partial charge in [-0.05, 0) is 17.2 Å². The number of carboxylic acid groups (broad SMARTS) is 1. The Morgan fingerprint density at radius 1 is 1.00 bits per heavy atom. The van der Waals surface area contributed by atoms with Gasteiger partial charge in [0, 0.05) is 22.7 Å². The second-order valence-electron chi connectivity index (χ2n) is 6.27. The van der Waals surface area contributed by atoms with Crippen LogP contribution in [0.4, 0.5) is 4.39 Å². The van der Waals surface area contributed by atoms with E-state index < -0.39 is 17.5 Å². The molecule has 0 saturated carbocycles. The largest absolute Gasteiger partial charge is 0.476 e. The highest BCUT2D eigenvalue weighted by molar-refractivity contribution is 5.95. The lowest BCUT2D eigenvalue weighted by molar-refractivity contribution is 0.0685. The van der Waals surface area contributed by atoms with Crippen molar-refractivity contribution in [3.63, 3.8) is 0 Å². The fraction of sp³-hybridized carbons (Fsp3) is 0.125. The number of pyridine rings is 2. The maximum Gasteiger partial charge on any atom is 0.357 e. The first-order valence-electron chi connectivity index (χ1n) is 9.56. The molecule has 0 bridgehead atoms. The first-order valence-corrected chi connectivity index (χ1v) is 9.56. The van der Waals surface area contributed by atoms with E-state index >= 15 is 0 Å². The SMILES string of the molecule is CC.O=C(O)c1ncc2cc(-c3ccccc3)c(-c3ccc(CO)cc3)nc2c1F. The van der Waals surface area contributed by atoms with Crippen LogP contribution in [0.5, 0.6) is 0 Å². The number of carbonyl (C=O) groups is 1. The Balaban J connectivity index is 0.00000124. The number of nitrogens with zero attached hydrogens (tertiary/aromatic N) is 2. The maximum absolute atomic E-state index is 14.7. The van der Waals surface area contributed by atoms with Crippen molar-refractivity contribution >= 4 is 16.9 Å².